The van der Waals surface area contributed by atoms with Crippen molar-refractivity contribution in [2.45, 2.75) is 78.6 Å². The van der Waals surface area contributed by atoms with Crippen molar-refractivity contribution in [2.75, 3.05) is 6.61 Å². The normalized spacial score (nSPS) is 42.2. The van der Waals surface area contributed by atoms with Gasteiger partial charge in [0, 0.05) is 11.8 Å². The molecule has 0 aromatic rings. The van der Waals surface area contributed by atoms with Gasteiger partial charge in [-0.05, 0) is 98.0 Å². The number of ether oxygens (including phenoxy) is 1. The van der Waals surface area contributed by atoms with Crippen molar-refractivity contribution in [3.8, 4) is 0 Å². The molecular weight excluding hydrogens is 344 g/mol. The molecule has 0 aliphatic heterocycles. The summed E-state index contributed by atoms with van der Waals surface area (Å²) in [5.74, 6) is 1.63. The molecule has 28 heavy (non-hydrogen) atoms. The van der Waals surface area contributed by atoms with E-state index in [1.165, 1.54) is 24.8 Å². The van der Waals surface area contributed by atoms with Gasteiger partial charge in [-0.25, -0.2) is 0 Å². The summed E-state index contributed by atoms with van der Waals surface area (Å²) in [6.07, 6.45) is 17.2. The smallest absolute Gasteiger partial charge is 0.143 e. The number of carbonyl (C=O) groups is 1. The SMILES string of the molecule is CCOC1=CCC2(C)C(=C1)C1(CC1)CC1=C2CC[C@@]23C(=O)CC[C@]2(C)CC=C13. The minimum absolute atomic E-state index is 0.133. The van der Waals surface area contributed by atoms with Crippen molar-refractivity contribution in [3.05, 3.63) is 46.3 Å². The van der Waals surface area contributed by atoms with Crippen LogP contribution in [-0.2, 0) is 9.53 Å². The third-order valence-corrected chi connectivity index (χ3v) is 9.58. The molecule has 2 fully saturated rings. The molecule has 1 unspecified atom stereocenters. The molecule has 6 aliphatic carbocycles. The highest BCUT2D eigenvalue weighted by Gasteiger charge is 2.66. The zero-order valence-corrected chi connectivity index (χ0v) is 17.6. The maximum absolute atomic E-state index is 13.2. The van der Waals surface area contributed by atoms with E-state index in [-0.39, 0.29) is 16.2 Å². The summed E-state index contributed by atoms with van der Waals surface area (Å²) in [7, 11) is 0. The van der Waals surface area contributed by atoms with Gasteiger partial charge < -0.3 is 4.74 Å². The fourth-order valence-corrected chi connectivity index (χ4v) is 7.90. The zero-order chi connectivity index (χ0) is 19.4. The summed E-state index contributed by atoms with van der Waals surface area (Å²) in [6, 6.07) is 0. The minimum atomic E-state index is -0.152. The molecule has 0 heterocycles. The highest BCUT2D eigenvalue weighted by atomic mass is 16.5. The van der Waals surface area contributed by atoms with Crippen molar-refractivity contribution >= 4 is 5.78 Å². The Kier molecular flexibility index (Phi) is 3.17. The number of hydrogen-bond donors (Lipinski definition) is 0. The van der Waals surface area contributed by atoms with E-state index in [0.29, 0.717) is 11.2 Å². The molecule has 2 nitrogen and oxygen atoms in total. The van der Waals surface area contributed by atoms with Crippen molar-refractivity contribution in [2.24, 2.45) is 21.7 Å². The lowest BCUT2D eigenvalue weighted by atomic mass is 9.50. The Morgan fingerprint density at radius 1 is 1.04 bits per heavy atom. The number of ketones is 1. The predicted octanol–water partition coefficient (Wildman–Crippen LogP) is 6.20. The van der Waals surface area contributed by atoms with Crippen LogP contribution in [0.15, 0.2) is 46.3 Å². The Morgan fingerprint density at radius 3 is 2.61 bits per heavy atom. The molecule has 6 aliphatic rings. The van der Waals surface area contributed by atoms with E-state index in [2.05, 4.69) is 39.0 Å². The van der Waals surface area contributed by atoms with E-state index in [1.807, 2.05) is 0 Å². The molecule has 0 amide bonds. The standard InChI is InChI=1S/C26H32O2/c1-4-28-17-5-11-24(3)19-7-12-26-20(6-9-23(26,2)10-8-22(26)27)18(19)16-25(13-14-25)21(24)15-17/h5-6,15H,4,7-14,16H2,1-3H3/t23-,24?,26+/m0/s1. The highest BCUT2D eigenvalue weighted by Crippen LogP contribution is 2.74. The molecule has 3 atom stereocenters. The summed E-state index contributed by atoms with van der Waals surface area (Å²) < 4.78 is 5.90. The second-order valence-corrected chi connectivity index (χ2v) is 10.8. The molecule has 148 valence electrons. The Labute approximate surface area is 168 Å². The molecule has 0 N–H and O–H groups in total. The van der Waals surface area contributed by atoms with Crippen molar-refractivity contribution in [1.29, 1.82) is 0 Å². The van der Waals surface area contributed by atoms with Crippen LogP contribution in [0.3, 0.4) is 0 Å². The molecule has 2 heteroatoms. The summed E-state index contributed by atoms with van der Waals surface area (Å²) >= 11 is 0. The molecule has 6 rings (SSSR count). The molecule has 0 radical (unpaired) electrons. The lowest BCUT2D eigenvalue weighted by molar-refractivity contribution is -0.127. The van der Waals surface area contributed by atoms with Crippen LogP contribution in [0.1, 0.15) is 78.6 Å². The number of carbonyl (C=O) groups excluding carboxylic acids is 1. The number of fused-ring (bicyclic) bond motifs is 4. The molecule has 0 aromatic heterocycles. The predicted molar refractivity (Wildman–Crippen MR) is 111 cm³/mol. The fraction of sp³-hybridized carbons (Fsp3) is 0.654. The number of allylic oxidation sites excluding steroid dienone is 7. The molecule has 2 saturated carbocycles. The minimum Gasteiger partial charge on any atom is -0.494 e. The average Bonchev–Trinajstić information content (AvgIpc) is 3.31. The van der Waals surface area contributed by atoms with E-state index in [0.717, 1.165) is 50.9 Å². The van der Waals surface area contributed by atoms with Crippen molar-refractivity contribution in [1.82, 2.24) is 0 Å². The van der Waals surface area contributed by atoms with Gasteiger partial charge in [0.15, 0.2) is 0 Å². The maximum Gasteiger partial charge on any atom is 0.143 e. The van der Waals surface area contributed by atoms with Gasteiger partial charge in [0.05, 0.1) is 12.0 Å². The summed E-state index contributed by atoms with van der Waals surface area (Å²) in [5.41, 5.74) is 6.88. The van der Waals surface area contributed by atoms with E-state index < -0.39 is 0 Å². The first-order valence-electron chi connectivity index (χ1n) is 11.4. The van der Waals surface area contributed by atoms with Crippen LogP contribution < -0.4 is 0 Å². The third kappa shape index (κ3) is 1.80. The molecular formula is C26H32O2. The van der Waals surface area contributed by atoms with Crippen LogP contribution in [0.5, 0.6) is 0 Å². The summed E-state index contributed by atoms with van der Waals surface area (Å²) in [6.45, 7) is 7.69. The first-order valence-corrected chi connectivity index (χ1v) is 11.4. The van der Waals surface area contributed by atoms with Gasteiger partial charge in [-0.1, -0.05) is 25.5 Å². The first kappa shape index (κ1) is 17.3. The van der Waals surface area contributed by atoms with Crippen LogP contribution in [-0.4, -0.2) is 12.4 Å². The topological polar surface area (TPSA) is 26.3 Å². The molecule has 0 bridgehead atoms. The Morgan fingerprint density at radius 2 is 1.86 bits per heavy atom. The average molecular weight is 377 g/mol. The van der Waals surface area contributed by atoms with Crippen molar-refractivity contribution in [3.63, 3.8) is 0 Å². The van der Waals surface area contributed by atoms with Crippen LogP contribution in [0.25, 0.3) is 0 Å². The van der Waals surface area contributed by atoms with E-state index in [9.17, 15) is 4.79 Å². The number of Topliss-reactive ketones (excluding diaryl/α,β-unsaturated/α-hetero) is 1. The summed E-state index contributed by atoms with van der Waals surface area (Å²) in [5, 5.41) is 0. The highest BCUT2D eigenvalue weighted by molar-refractivity contribution is 5.94. The van der Waals surface area contributed by atoms with Gasteiger partial charge in [-0.3, -0.25) is 4.79 Å². The lowest BCUT2D eigenvalue weighted by Gasteiger charge is -2.53. The Hall–Kier alpha value is -1.57. The van der Waals surface area contributed by atoms with E-state index in [4.69, 9.17) is 4.74 Å². The van der Waals surface area contributed by atoms with Gasteiger partial charge in [0.1, 0.15) is 11.5 Å². The molecule has 0 saturated heterocycles. The largest absolute Gasteiger partial charge is 0.494 e. The maximum atomic E-state index is 13.2. The van der Waals surface area contributed by atoms with Gasteiger partial charge in [-0.2, -0.15) is 0 Å². The monoisotopic (exact) mass is 376 g/mol. The van der Waals surface area contributed by atoms with Gasteiger partial charge >= 0.3 is 0 Å². The molecule has 2 spiro atoms. The Bertz CT molecular complexity index is 924. The van der Waals surface area contributed by atoms with Crippen LogP contribution in [0, 0.1) is 21.7 Å². The van der Waals surface area contributed by atoms with Crippen LogP contribution in [0.2, 0.25) is 0 Å². The van der Waals surface area contributed by atoms with E-state index in [1.54, 1.807) is 16.7 Å². The van der Waals surface area contributed by atoms with Gasteiger partial charge in [0.2, 0.25) is 0 Å². The second kappa shape index (κ2) is 5.12. The quantitative estimate of drug-likeness (QED) is 0.573. The lowest BCUT2D eigenvalue weighted by Crippen LogP contribution is -2.45. The fourth-order valence-electron chi connectivity index (χ4n) is 7.90. The van der Waals surface area contributed by atoms with Crippen molar-refractivity contribution < 1.29 is 9.53 Å². The van der Waals surface area contributed by atoms with Crippen LogP contribution >= 0.6 is 0 Å². The van der Waals surface area contributed by atoms with Gasteiger partial charge in [-0.15, -0.1) is 0 Å². The van der Waals surface area contributed by atoms with Gasteiger partial charge in [0.25, 0.3) is 0 Å². The number of rotatable bonds is 2. The first-order chi connectivity index (χ1) is 13.4. The van der Waals surface area contributed by atoms with Crippen LogP contribution in [0.4, 0.5) is 0 Å². The second-order valence-electron chi connectivity index (χ2n) is 10.8. The molecule has 0 aromatic carbocycles. The number of hydrogen-bond acceptors (Lipinski definition) is 2. The third-order valence-electron chi connectivity index (χ3n) is 9.58. The summed E-state index contributed by atoms with van der Waals surface area (Å²) in [4.78, 5) is 13.2. The zero-order valence-electron chi connectivity index (χ0n) is 17.6. The van der Waals surface area contributed by atoms with E-state index >= 15 is 0 Å². The Balaban J connectivity index is 1.51.